The molecule has 120 valence electrons. The van der Waals surface area contributed by atoms with Gasteiger partial charge < -0.3 is 10.1 Å². The molecule has 0 atom stereocenters. The zero-order chi connectivity index (χ0) is 16.8. The number of halogens is 1. The second-order valence-electron chi connectivity index (χ2n) is 4.65. The molecule has 1 aromatic heterocycles. The molecule has 0 aliphatic carbocycles. The van der Waals surface area contributed by atoms with Crippen LogP contribution in [-0.2, 0) is 11.2 Å². The Bertz CT molecular complexity index is 736. The minimum atomic E-state index is -0.702. The van der Waals surface area contributed by atoms with Crippen molar-refractivity contribution in [3.8, 4) is 0 Å². The van der Waals surface area contributed by atoms with Crippen molar-refractivity contribution in [1.82, 2.24) is 4.98 Å². The fourth-order valence-corrected chi connectivity index (χ4v) is 1.98. The molecule has 0 saturated carbocycles. The van der Waals surface area contributed by atoms with Crippen molar-refractivity contribution < 1.29 is 18.8 Å². The fraction of sp³-hybridized carbons (Fsp3) is 0.200. The monoisotopic (exact) mass is 319 g/mol. The molecule has 0 aliphatic heterocycles. The minimum Gasteiger partial charge on any atom is -0.465 e. The minimum absolute atomic E-state index is 0.00474. The molecule has 0 unspecified atom stereocenters. The maximum absolute atomic E-state index is 13.1. The Morgan fingerprint density at radius 3 is 2.87 bits per heavy atom. The number of methoxy groups -OCH3 is 1. The Morgan fingerprint density at radius 2 is 2.22 bits per heavy atom. The summed E-state index contributed by atoms with van der Waals surface area (Å²) in [5.74, 6) is -1.000. The molecular formula is C15H14FN3O4. The van der Waals surface area contributed by atoms with Gasteiger partial charge in [-0.15, -0.1) is 0 Å². The normalized spacial score (nSPS) is 10.2. The van der Waals surface area contributed by atoms with Crippen LogP contribution in [0.4, 0.5) is 15.9 Å². The van der Waals surface area contributed by atoms with E-state index in [4.69, 9.17) is 0 Å². The molecule has 8 heteroatoms. The van der Waals surface area contributed by atoms with E-state index < -0.39 is 10.9 Å². The van der Waals surface area contributed by atoms with Gasteiger partial charge in [-0.1, -0.05) is 12.1 Å². The summed E-state index contributed by atoms with van der Waals surface area (Å²) in [7, 11) is 1.18. The quantitative estimate of drug-likeness (QED) is 0.499. The zero-order valence-corrected chi connectivity index (χ0v) is 12.3. The van der Waals surface area contributed by atoms with E-state index in [1.807, 2.05) is 0 Å². The van der Waals surface area contributed by atoms with Gasteiger partial charge in [-0.2, -0.15) is 0 Å². The van der Waals surface area contributed by atoms with Crippen LogP contribution < -0.4 is 5.32 Å². The number of hydrogen-bond donors (Lipinski definition) is 1. The molecule has 2 aromatic rings. The third kappa shape index (κ3) is 4.22. The molecule has 2 rings (SSSR count). The first-order valence-electron chi connectivity index (χ1n) is 6.72. The van der Waals surface area contributed by atoms with E-state index in [0.717, 1.165) is 11.6 Å². The van der Waals surface area contributed by atoms with Crippen LogP contribution >= 0.6 is 0 Å². The van der Waals surface area contributed by atoms with Crippen LogP contribution in [-0.4, -0.2) is 29.5 Å². The van der Waals surface area contributed by atoms with Crippen molar-refractivity contribution in [2.45, 2.75) is 6.42 Å². The molecule has 0 fully saturated rings. The molecule has 23 heavy (non-hydrogen) atoms. The van der Waals surface area contributed by atoms with Gasteiger partial charge in [0.1, 0.15) is 5.82 Å². The average Bonchev–Trinajstić information content (AvgIpc) is 2.54. The van der Waals surface area contributed by atoms with E-state index in [1.165, 1.54) is 25.4 Å². The van der Waals surface area contributed by atoms with Gasteiger partial charge in [0.05, 0.1) is 17.6 Å². The number of carbonyl (C=O) groups excluding carboxylic acids is 1. The zero-order valence-electron chi connectivity index (χ0n) is 12.3. The summed E-state index contributed by atoms with van der Waals surface area (Å²) in [6.45, 7) is 0.328. The van der Waals surface area contributed by atoms with Crippen LogP contribution in [0.15, 0.2) is 36.5 Å². The Hall–Kier alpha value is -3.03. The average molecular weight is 319 g/mol. The summed E-state index contributed by atoms with van der Waals surface area (Å²) in [5.41, 5.74) is 0.424. The number of aromatic nitrogens is 1. The topological polar surface area (TPSA) is 94.4 Å². The summed E-state index contributed by atoms with van der Waals surface area (Å²) in [6, 6.07) is 7.19. The number of benzene rings is 1. The number of nitrogens with one attached hydrogen (secondary N) is 1. The van der Waals surface area contributed by atoms with Crippen LogP contribution in [0.3, 0.4) is 0 Å². The van der Waals surface area contributed by atoms with Gasteiger partial charge in [0.2, 0.25) is 5.82 Å². The highest BCUT2D eigenvalue weighted by atomic mass is 19.1. The second kappa shape index (κ2) is 7.30. The maximum atomic E-state index is 13.1. The Balaban J connectivity index is 2.10. The largest absolute Gasteiger partial charge is 0.465 e. The van der Waals surface area contributed by atoms with Crippen LogP contribution in [0.5, 0.6) is 0 Å². The summed E-state index contributed by atoms with van der Waals surface area (Å²) in [6.07, 6.45) is 1.67. The molecular weight excluding hydrogens is 305 g/mol. The van der Waals surface area contributed by atoms with Crippen molar-refractivity contribution in [2.24, 2.45) is 0 Å². The van der Waals surface area contributed by atoms with E-state index in [-0.39, 0.29) is 22.9 Å². The lowest BCUT2D eigenvalue weighted by atomic mass is 10.1. The van der Waals surface area contributed by atoms with Crippen LogP contribution in [0.1, 0.15) is 15.9 Å². The summed E-state index contributed by atoms with van der Waals surface area (Å²) >= 11 is 0. The van der Waals surface area contributed by atoms with Gasteiger partial charge in [-0.3, -0.25) is 10.1 Å². The predicted octanol–water partition coefficient (Wildman–Crippen LogP) is 2.57. The molecule has 0 saturated heterocycles. The van der Waals surface area contributed by atoms with E-state index in [0.29, 0.717) is 13.0 Å². The number of esters is 1. The lowest BCUT2D eigenvalue weighted by molar-refractivity contribution is -0.384. The number of carbonyl (C=O) groups is 1. The summed E-state index contributed by atoms with van der Waals surface area (Å²) in [5, 5.41) is 13.9. The molecule has 0 amide bonds. The molecule has 1 heterocycles. The highest BCUT2D eigenvalue weighted by molar-refractivity contribution is 5.90. The Kier molecular flexibility index (Phi) is 5.19. The molecule has 0 bridgehead atoms. The highest BCUT2D eigenvalue weighted by Crippen LogP contribution is 2.23. The van der Waals surface area contributed by atoms with Crippen LogP contribution in [0, 0.1) is 15.9 Å². The number of ether oxygens (including phenoxy) is 1. The van der Waals surface area contributed by atoms with Crippen LogP contribution in [0.25, 0.3) is 0 Å². The van der Waals surface area contributed by atoms with E-state index in [1.54, 1.807) is 12.1 Å². The Labute approximate surface area is 131 Å². The third-order valence-corrected chi connectivity index (χ3v) is 3.08. The van der Waals surface area contributed by atoms with E-state index in [9.17, 15) is 19.3 Å². The molecule has 1 aromatic carbocycles. The van der Waals surface area contributed by atoms with Crippen molar-refractivity contribution in [3.05, 3.63) is 63.6 Å². The number of hydrogen-bond acceptors (Lipinski definition) is 6. The number of pyridine rings is 1. The molecule has 0 radical (unpaired) electrons. The van der Waals surface area contributed by atoms with E-state index >= 15 is 0 Å². The maximum Gasteiger partial charge on any atom is 0.339 e. The van der Waals surface area contributed by atoms with Gasteiger partial charge in [0, 0.05) is 18.8 Å². The second-order valence-corrected chi connectivity index (χ2v) is 4.65. The third-order valence-electron chi connectivity index (χ3n) is 3.08. The molecule has 0 aliphatic rings. The van der Waals surface area contributed by atoms with Gasteiger partial charge in [-0.25, -0.2) is 14.2 Å². The van der Waals surface area contributed by atoms with Crippen molar-refractivity contribution >= 4 is 17.5 Å². The first kappa shape index (κ1) is 16.3. The number of anilines is 1. The first-order chi connectivity index (χ1) is 11.0. The molecule has 0 spiro atoms. The molecule has 1 N–H and O–H groups in total. The lowest BCUT2D eigenvalue weighted by Gasteiger charge is -2.07. The smallest absolute Gasteiger partial charge is 0.339 e. The number of rotatable bonds is 6. The highest BCUT2D eigenvalue weighted by Gasteiger charge is 2.19. The van der Waals surface area contributed by atoms with Gasteiger partial charge in [-0.05, 0) is 24.1 Å². The van der Waals surface area contributed by atoms with Crippen molar-refractivity contribution in [2.75, 3.05) is 19.0 Å². The first-order valence-corrected chi connectivity index (χ1v) is 6.72. The Morgan fingerprint density at radius 1 is 1.43 bits per heavy atom. The fourth-order valence-electron chi connectivity index (χ4n) is 1.98. The number of nitro groups is 1. The number of nitrogens with zero attached hydrogens (tertiary/aromatic N) is 2. The lowest BCUT2D eigenvalue weighted by Crippen LogP contribution is -2.10. The SMILES string of the molecule is COC(=O)c1cnc(NCCc2cccc(F)c2)c([N+](=O)[O-])c1. The summed E-state index contributed by atoms with van der Waals surface area (Å²) in [4.78, 5) is 25.7. The van der Waals surface area contributed by atoms with Gasteiger partial charge in [0.25, 0.3) is 0 Å². The van der Waals surface area contributed by atoms with Gasteiger partial charge >= 0.3 is 11.7 Å². The summed E-state index contributed by atoms with van der Waals surface area (Å²) < 4.78 is 17.6. The molecule has 7 nitrogen and oxygen atoms in total. The predicted molar refractivity (Wildman–Crippen MR) is 80.8 cm³/mol. The van der Waals surface area contributed by atoms with E-state index in [2.05, 4.69) is 15.0 Å². The van der Waals surface area contributed by atoms with Gasteiger partial charge in [0.15, 0.2) is 0 Å². The van der Waals surface area contributed by atoms with Crippen molar-refractivity contribution in [3.63, 3.8) is 0 Å². The standard InChI is InChI=1S/C15H14FN3O4/c1-23-15(20)11-8-13(19(21)22)14(18-9-11)17-6-5-10-3-2-4-12(16)7-10/h2-4,7-9H,5-6H2,1H3,(H,17,18). The van der Waals surface area contributed by atoms with Crippen molar-refractivity contribution in [1.29, 1.82) is 0 Å². The van der Waals surface area contributed by atoms with Crippen LogP contribution in [0.2, 0.25) is 0 Å².